The van der Waals surface area contributed by atoms with Crippen LogP contribution in [0.15, 0.2) is 30.5 Å². The number of aromatic nitrogens is 1. The lowest BCUT2D eigenvalue weighted by Crippen LogP contribution is -2.31. The summed E-state index contributed by atoms with van der Waals surface area (Å²) in [4.78, 5) is 16.6. The number of carbonyl (C=O) groups excluding carboxylic acids is 1. The maximum absolute atomic E-state index is 11.9. The van der Waals surface area contributed by atoms with Crippen molar-refractivity contribution in [3.05, 3.63) is 36.0 Å². The van der Waals surface area contributed by atoms with E-state index < -0.39 is 15.3 Å². The summed E-state index contributed by atoms with van der Waals surface area (Å²) in [5.74, 6) is -0.174. The Labute approximate surface area is 116 Å². The molecule has 0 saturated carbocycles. The molecule has 1 aliphatic rings. The summed E-state index contributed by atoms with van der Waals surface area (Å²) in [6.07, 6.45) is 1.81. The lowest BCUT2D eigenvalue weighted by molar-refractivity contribution is -0.128. The van der Waals surface area contributed by atoms with Crippen molar-refractivity contribution in [2.45, 2.75) is 18.2 Å². The first kappa shape index (κ1) is 13.1. The second-order valence-corrected chi connectivity index (χ2v) is 6.89. The SMILES string of the molecule is NS(=O)(=O)C1CC(=O)N(Cc2cccc3cc[nH]c23)C1. The van der Waals surface area contributed by atoms with E-state index in [9.17, 15) is 13.2 Å². The molecule has 1 saturated heterocycles. The van der Waals surface area contributed by atoms with Crippen molar-refractivity contribution >= 4 is 26.8 Å². The molecule has 106 valence electrons. The molecule has 3 N–H and O–H groups in total. The second kappa shape index (κ2) is 4.60. The summed E-state index contributed by atoms with van der Waals surface area (Å²) in [6, 6.07) is 7.78. The number of benzene rings is 1. The van der Waals surface area contributed by atoms with Crippen molar-refractivity contribution < 1.29 is 13.2 Å². The Morgan fingerprint density at radius 1 is 1.35 bits per heavy atom. The molecule has 1 fully saturated rings. The van der Waals surface area contributed by atoms with Crippen LogP contribution in [-0.2, 0) is 21.4 Å². The third kappa shape index (κ3) is 2.30. The quantitative estimate of drug-likeness (QED) is 0.865. The van der Waals surface area contributed by atoms with Crippen LogP contribution in [-0.4, -0.2) is 36.0 Å². The van der Waals surface area contributed by atoms with Crippen molar-refractivity contribution in [2.75, 3.05) is 6.54 Å². The Kier molecular flexibility index (Phi) is 3.02. The minimum Gasteiger partial charge on any atom is -0.361 e. The summed E-state index contributed by atoms with van der Waals surface area (Å²) >= 11 is 0. The van der Waals surface area contributed by atoms with Gasteiger partial charge in [-0.2, -0.15) is 0 Å². The first-order chi connectivity index (χ1) is 9.45. The average Bonchev–Trinajstić information content (AvgIpc) is 2.96. The Morgan fingerprint density at radius 3 is 2.85 bits per heavy atom. The van der Waals surface area contributed by atoms with Gasteiger partial charge < -0.3 is 9.88 Å². The van der Waals surface area contributed by atoms with Crippen LogP contribution >= 0.6 is 0 Å². The first-order valence-electron chi connectivity index (χ1n) is 6.29. The zero-order valence-electron chi connectivity index (χ0n) is 10.7. The zero-order valence-corrected chi connectivity index (χ0v) is 11.6. The number of para-hydroxylation sites is 1. The lowest BCUT2D eigenvalue weighted by atomic mass is 10.1. The van der Waals surface area contributed by atoms with E-state index in [1.54, 1.807) is 4.90 Å². The molecule has 20 heavy (non-hydrogen) atoms. The molecule has 2 aromatic rings. The monoisotopic (exact) mass is 293 g/mol. The summed E-state index contributed by atoms with van der Waals surface area (Å²) in [7, 11) is -3.66. The summed E-state index contributed by atoms with van der Waals surface area (Å²) < 4.78 is 22.7. The number of amides is 1. The fourth-order valence-corrected chi connectivity index (χ4v) is 3.36. The van der Waals surface area contributed by atoms with Crippen molar-refractivity contribution in [2.24, 2.45) is 5.14 Å². The molecule has 1 aromatic carbocycles. The van der Waals surface area contributed by atoms with Gasteiger partial charge in [-0.3, -0.25) is 4.79 Å². The predicted octanol–water partition coefficient (Wildman–Crippen LogP) is 0.557. The number of rotatable bonds is 3. The highest BCUT2D eigenvalue weighted by Gasteiger charge is 2.36. The van der Waals surface area contributed by atoms with E-state index >= 15 is 0 Å². The van der Waals surface area contributed by atoms with Crippen LogP contribution in [0.3, 0.4) is 0 Å². The Morgan fingerprint density at radius 2 is 2.15 bits per heavy atom. The Bertz CT molecular complexity index is 766. The number of carbonyl (C=O) groups is 1. The number of nitrogens with zero attached hydrogens (tertiary/aromatic N) is 1. The summed E-state index contributed by atoms with van der Waals surface area (Å²) in [5.41, 5.74) is 1.94. The highest BCUT2D eigenvalue weighted by Crippen LogP contribution is 2.23. The molecule has 1 amide bonds. The van der Waals surface area contributed by atoms with E-state index in [-0.39, 0.29) is 18.9 Å². The number of hydrogen-bond acceptors (Lipinski definition) is 3. The van der Waals surface area contributed by atoms with Gasteiger partial charge in [-0.15, -0.1) is 0 Å². The molecule has 1 atom stereocenters. The van der Waals surface area contributed by atoms with Gasteiger partial charge in [-0.05, 0) is 17.0 Å². The van der Waals surface area contributed by atoms with E-state index in [1.807, 2.05) is 30.5 Å². The van der Waals surface area contributed by atoms with Crippen molar-refractivity contribution in [3.63, 3.8) is 0 Å². The molecule has 0 radical (unpaired) electrons. The third-order valence-electron chi connectivity index (χ3n) is 3.68. The largest absolute Gasteiger partial charge is 0.361 e. The number of likely N-dealkylation sites (tertiary alicyclic amines) is 1. The van der Waals surface area contributed by atoms with Crippen LogP contribution in [0.25, 0.3) is 10.9 Å². The summed E-state index contributed by atoms with van der Waals surface area (Å²) in [6.45, 7) is 0.553. The van der Waals surface area contributed by atoms with E-state index in [1.165, 1.54) is 0 Å². The van der Waals surface area contributed by atoms with Gasteiger partial charge in [-0.1, -0.05) is 18.2 Å². The van der Waals surface area contributed by atoms with E-state index in [4.69, 9.17) is 5.14 Å². The molecule has 0 spiro atoms. The summed E-state index contributed by atoms with van der Waals surface area (Å²) in [5, 5.41) is 5.39. The molecule has 0 bridgehead atoms. The molecule has 1 unspecified atom stereocenters. The van der Waals surface area contributed by atoms with Gasteiger partial charge in [0.1, 0.15) is 5.25 Å². The van der Waals surface area contributed by atoms with Gasteiger partial charge in [0.25, 0.3) is 0 Å². The molecule has 7 heteroatoms. The van der Waals surface area contributed by atoms with Gasteiger partial charge in [0, 0.05) is 25.7 Å². The minimum atomic E-state index is -3.66. The van der Waals surface area contributed by atoms with Crippen molar-refractivity contribution in [3.8, 4) is 0 Å². The van der Waals surface area contributed by atoms with Crippen LogP contribution in [0, 0.1) is 0 Å². The van der Waals surface area contributed by atoms with Crippen molar-refractivity contribution in [1.29, 1.82) is 0 Å². The van der Waals surface area contributed by atoms with Gasteiger partial charge >= 0.3 is 0 Å². The Balaban J connectivity index is 1.85. The average molecular weight is 293 g/mol. The van der Waals surface area contributed by atoms with E-state index in [0.717, 1.165) is 16.5 Å². The fourth-order valence-electron chi connectivity index (χ4n) is 2.60. The number of nitrogens with one attached hydrogen (secondary N) is 1. The minimum absolute atomic E-state index is 0.0282. The van der Waals surface area contributed by atoms with Crippen LogP contribution in [0.4, 0.5) is 0 Å². The number of fused-ring (bicyclic) bond motifs is 1. The molecular formula is C13H15N3O3S. The lowest BCUT2D eigenvalue weighted by Gasteiger charge is -2.16. The van der Waals surface area contributed by atoms with Crippen LogP contribution in [0.2, 0.25) is 0 Å². The van der Waals surface area contributed by atoms with Gasteiger partial charge in [-0.25, -0.2) is 13.6 Å². The number of hydrogen-bond donors (Lipinski definition) is 2. The molecule has 1 aromatic heterocycles. The standard InChI is InChI=1S/C13H15N3O3S/c14-20(18,19)11-6-12(17)16(8-11)7-10-3-1-2-9-4-5-15-13(9)10/h1-5,11,15H,6-8H2,(H2,14,18,19). The van der Waals surface area contributed by atoms with Gasteiger partial charge in [0.2, 0.25) is 15.9 Å². The molecule has 1 aliphatic heterocycles. The van der Waals surface area contributed by atoms with Gasteiger partial charge in [0.05, 0.1) is 5.52 Å². The maximum atomic E-state index is 11.9. The molecule has 6 nitrogen and oxygen atoms in total. The van der Waals surface area contributed by atoms with E-state index in [0.29, 0.717) is 6.54 Å². The first-order valence-corrected chi connectivity index (χ1v) is 7.90. The molecule has 3 rings (SSSR count). The topological polar surface area (TPSA) is 96.3 Å². The third-order valence-corrected chi connectivity index (χ3v) is 4.92. The number of nitrogens with two attached hydrogens (primary N) is 1. The number of sulfonamides is 1. The van der Waals surface area contributed by atoms with Gasteiger partial charge in [0.15, 0.2) is 0 Å². The van der Waals surface area contributed by atoms with E-state index in [2.05, 4.69) is 4.98 Å². The molecule has 0 aliphatic carbocycles. The smallest absolute Gasteiger partial charge is 0.224 e. The molecular weight excluding hydrogens is 278 g/mol. The van der Waals surface area contributed by atoms with Crippen LogP contribution in [0.5, 0.6) is 0 Å². The van der Waals surface area contributed by atoms with Crippen molar-refractivity contribution in [1.82, 2.24) is 9.88 Å². The highest BCUT2D eigenvalue weighted by molar-refractivity contribution is 7.89. The number of primary sulfonamides is 1. The molecule has 2 heterocycles. The zero-order chi connectivity index (χ0) is 14.3. The van der Waals surface area contributed by atoms with Crippen LogP contribution in [0.1, 0.15) is 12.0 Å². The van der Waals surface area contributed by atoms with Crippen LogP contribution < -0.4 is 5.14 Å². The number of H-pyrrole nitrogens is 1. The predicted molar refractivity (Wildman–Crippen MR) is 75.2 cm³/mol. The highest BCUT2D eigenvalue weighted by atomic mass is 32.2. The second-order valence-electron chi connectivity index (χ2n) is 5.05. The Hall–Kier alpha value is -1.86. The normalized spacial score (nSPS) is 19.9. The maximum Gasteiger partial charge on any atom is 0.224 e. The number of aromatic amines is 1. The fraction of sp³-hybridized carbons (Fsp3) is 0.308.